The molecule has 158 valence electrons. The highest BCUT2D eigenvalue weighted by molar-refractivity contribution is 8.03. The summed E-state index contributed by atoms with van der Waals surface area (Å²) in [6, 6.07) is 7.42. The first-order valence-corrected chi connectivity index (χ1v) is 10.5. The van der Waals surface area contributed by atoms with Crippen LogP contribution in [0.3, 0.4) is 0 Å². The Morgan fingerprint density at radius 1 is 1.40 bits per heavy atom. The Morgan fingerprint density at radius 2 is 2.23 bits per heavy atom. The first-order valence-electron chi connectivity index (χ1n) is 9.28. The summed E-state index contributed by atoms with van der Waals surface area (Å²) in [5.74, 6) is 0.462. The lowest BCUT2D eigenvalue weighted by Crippen LogP contribution is -2.37. The molecule has 0 aliphatic carbocycles. The third-order valence-electron chi connectivity index (χ3n) is 4.12. The van der Waals surface area contributed by atoms with Gasteiger partial charge in [-0.2, -0.15) is 5.10 Å². The van der Waals surface area contributed by atoms with Crippen LogP contribution >= 0.6 is 11.8 Å². The van der Waals surface area contributed by atoms with Gasteiger partial charge in [-0.3, -0.25) is 9.48 Å². The standard InChI is InChI=1S/C20H25N7O2S/c1-4-18(28)23-14-6-5-7-15(10-14)24-19-17(30-3)12-21-20(26-19)25-16-11-22-27(13-16)8-9-29-2/h4-7,10-13,20-21,25H,1,8-9H2,2-3H3,(H,23,28)(H,24,26). The van der Waals surface area contributed by atoms with E-state index >= 15 is 0 Å². The van der Waals surface area contributed by atoms with E-state index in [4.69, 9.17) is 9.73 Å². The predicted molar refractivity (Wildman–Crippen MR) is 123 cm³/mol. The number of anilines is 3. The highest BCUT2D eigenvalue weighted by atomic mass is 32.2. The highest BCUT2D eigenvalue weighted by Gasteiger charge is 2.17. The molecule has 1 aliphatic rings. The number of hydrogen-bond donors (Lipinski definition) is 4. The molecule has 1 atom stereocenters. The monoisotopic (exact) mass is 427 g/mol. The van der Waals surface area contributed by atoms with Gasteiger partial charge in [-0.1, -0.05) is 12.6 Å². The Bertz CT molecular complexity index is 954. The summed E-state index contributed by atoms with van der Waals surface area (Å²) < 4.78 is 6.88. The number of carbonyl (C=O) groups excluding carboxylic acids is 1. The van der Waals surface area contributed by atoms with Crippen LogP contribution in [0.5, 0.6) is 0 Å². The lowest BCUT2D eigenvalue weighted by Gasteiger charge is -2.23. The number of benzene rings is 1. The van der Waals surface area contributed by atoms with Gasteiger partial charge in [0.25, 0.3) is 0 Å². The van der Waals surface area contributed by atoms with Crippen molar-refractivity contribution < 1.29 is 9.53 Å². The molecule has 1 amide bonds. The number of aliphatic imine (C=N–C) groups is 1. The molecule has 2 aromatic rings. The van der Waals surface area contributed by atoms with Gasteiger partial charge in [0.15, 0.2) is 6.29 Å². The minimum absolute atomic E-state index is 0.258. The maximum atomic E-state index is 11.5. The number of aromatic nitrogens is 2. The van der Waals surface area contributed by atoms with Crippen molar-refractivity contribution in [3.05, 3.63) is 60.4 Å². The van der Waals surface area contributed by atoms with Crippen molar-refractivity contribution in [1.29, 1.82) is 0 Å². The Balaban J connectivity index is 1.70. The second-order valence-corrected chi connectivity index (χ2v) is 7.14. The fraction of sp³-hybridized carbons (Fsp3) is 0.250. The van der Waals surface area contributed by atoms with E-state index in [-0.39, 0.29) is 12.2 Å². The van der Waals surface area contributed by atoms with Crippen molar-refractivity contribution in [2.45, 2.75) is 12.8 Å². The van der Waals surface area contributed by atoms with E-state index in [0.29, 0.717) is 18.8 Å². The van der Waals surface area contributed by atoms with Gasteiger partial charge >= 0.3 is 0 Å². The maximum Gasteiger partial charge on any atom is 0.247 e. The molecule has 0 saturated carbocycles. The maximum absolute atomic E-state index is 11.5. The van der Waals surface area contributed by atoms with Gasteiger partial charge < -0.3 is 26.0 Å². The topological polar surface area (TPSA) is 105 Å². The normalized spacial score (nSPS) is 15.5. The molecule has 0 spiro atoms. The Hall–Kier alpha value is -3.24. The molecule has 0 fully saturated rings. The van der Waals surface area contributed by atoms with Crippen LogP contribution in [0.15, 0.2) is 65.4 Å². The van der Waals surface area contributed by atoms with Gasteiger partial charge in [-0.25, -0.2) is 4.99 Å². The van der Waals surface area contributed by atoms with Crippen LogP contribution in [0.4, 0.5) is 17.1 Å². The summed E-state index contributed by atoms with van der Waals surface area (Å²) in [4.78, 5) is 17.2. The second kappa shape index (κ2) is 10.5. The number of ether oxygens (including phenoxy) is 1. The van der Waals surface area contributed by atoms with Crippen LogP contribution in [0.1, 0.15) is 0 Å². The third kappa shape index (κ3) is 5.88. The number of carbonyl (C=O) groups is 1. The van der Waals surface area contributed by atoms with Gasteiger partial charge in [0.1, 0.15) is 5.84 Å². The molecule has 1 aromatic heterocycles. The molecule has 1 unspecified atom stereocenters. The van der Waals surface area contributed by atoms with Crippen molar-refractivity contribution in [3.8, 4) is 0 Å². The average Bonchev–Trinajstić information content (AvgIpc) is 3.20. The fourth-order valence-electron chi connectivity index (χ4n) is 2.68. The van der Waals surface area contributed by atoms with E-state index in [0.717, 1.165) is 22.1 Å². The van der Waals surface area contributed by atoms with E-state index < -0.39 is 0 Å². The van der Waals surface area contributed by atoms with Gasteiger partial charge in [0, 0.05) is 30.9 Å². The molecule has 9 nitrogen and oxygen atoms in total. The van der Waals surface area contributed by atoms with Crippen LogP contribution < -0.4 is 21.3 Å². The summed E-state index contributed by atoms with van der Waals surface area (Å²) in [5.41, 5.74) is 2.33. The molecule has 4 N–H and O–H groups in total. The zero-order valence-corrected chi connectivity index (χ0v) is 17.7. The zero-order valence-electron chi connectivity index (χ0n) is 16.9. The Morgan fingerprint density at radius 3 is 3.00 bits per heavy atom. The number of rotatable bonds is 9. The minimum atomic E-state index is -0.355. The van der Waals surface area contributed by atoms with Crippen LogP contribution in [0.2, 0.25) is 0 Å². The number of thioether (sulfide) groups is 1. The first kappa shape index (κ1) is 21.5. The van der Waals surface area contributed by atoms with Crippen molar-refractivity contribution >= 4 is 40.6 Å². The number of nitrogens with one attached hydrogen (secondary N) is 4. The number of nitrogens with zero attached hydrogens (tertiary/aromatic N) is 3. The van der Waals surface area contributed by atoms with Crippen molar-refractivity contribution in [2.75, 3.05) is 35.9 Å². The van der Waals surface area contributed by atoms with E-state index in [1.807, 2.05) is 47.6 Å². The first-order chi connectivity index (χ1) is 14.6. The third-order valence-corrected chi connectivity index (χ3v) is 4.87. The minimum Gasteiger partial charge on any atom is -0.383 e. The van der Waals surface area contributed by atoms with E-state index in [1.165, 1.54) is 6.08 Å². The number of amidine groups is 1. The molecule has 0 saturated heterocycles. The second-order valence-electron chi connectivity index (χ2n) is 6.29. The summed E-state index contributed by atoms with van der Waals surface area (Å²) in [6.45, 7) is 4.75. The molecule has 0 bridgehead atoms. The van der Waals surface area contributed by atoms with Crippen LogP contribution in [-0.4, -0.2) is 47.8 Å². The zero-order chi connectivity index (χ0) is 21.3. The molecule has 3 rings (SSSR count). The molecule has 2 heterocycles. The summed E-state index contributed by atoms with van der Waals surface area (Å²) in [7, 11) is 1.66. The van der Waals surface area contributed by atoms with Crippen LogP contribution in [0.25, 0.3) is 0 Å². The molecule has 0 radical (unpaired) electrons. The van der Waals surface area contributed by atoms with Crippen LogP contribution in [0, 0.1) is 0 Å². The Labute approximate surface area is 179 Å². The largest absolute Gasteiger partial charge is 0.383 e. The molecule has 30 heavy (non-hydrogen) atoms. The fourth-order valence-corrected chi connectivity index (χ4v) is 3.17. The van der Waals surface area contributed by atoms with Crippen LogP contribution in [-0.2, 0) is 16.1 Å². The molecular weight excluding hydrogens is 402 g/mol. The summed E-state index contributed by atoms with van der Waals surface area (Å²) >= 11 is 1.58. The molecule has 1 aromatic carbocycles. The van der Waals surface area contributed by atoms with Gasteiger partial charge in [0.2, 0.25) is 5.91 Å². The van der Waals surface area contributed by atoms with Gasteiger partial charge in [0.05, 0.1) is 29.9 Å². The molecular formula is C20H25N7O2S. The molecule has 10 heteroatoms. The van der Waals surface area contributed by atoms with Gasteiger partial charge in [-0.05, 0) is 30.5 Å². The highest BCUT2D eigenvalue weighted by Crippen LogP contribution is 2.22. The van der Waals surface area contributed by atoms with Crippen molar-refractivity contribution in [2.24, 2.45) is 4.99 Å². The SMILES string of the molecule is C=CC(=O)Nc1cccc(NC2=NC(Nc3cnn(CCOC)c3)NC=C2SC)c1. The number of methoxy groups -OCH3 is 1. The van der Waals surface area contributed by atoms with Crippen molar-refractivity contribution in [3.63, 3.8) is 0 Å². The predicted octanol–water partition coefficient (Wildman–Crippen LogP) is 2.67. The number of amides is 1. The van der Waals surface area contributed by atoms with E-state index in [2.05, 4.69) is 32.9 Å². The van der Waals surface area contributed by atoms with Crippen molar-refractivity contribution in [1.82, 2.24) is 15.1 Å². The van der Waals surface area contributed by atoms with Gasteiger partial charge in [-0.15, -0.1) is 11.8 Å². The Kier molecular flexibility index (Phi) is 7.52. The quantitative estimate of drug-likeness (QED) is 0.456. The summed E-state index contributed by atoms with van der Waals surface area (Å²) in [6.07, 6.45) is 8.43. The average molecular weight is 428 g/mol. The smallest absolute Gasteiger partial charge is 0.247 e. The summed E-state index contributed by atoms with van der Waals surface area (Å²) in [5, 5.41) is 16.9. The lowest BCUT2D eigenvalue weighted by molar-refractivity contribution is -0.111. The number of hydrogen-bond acceptors (Lipinski definition) is 8. The van der Waals surface area contributed by atoms with E-state index in [1.54, 1.807) is 25.1 Å². The lowest BCUT2D eigenvalue weighted by atomic mass is 10.2. The van der Waals surface area contributed by atoms with E-state index in [9.17, 15) is 4.79 Å². The molecule has 1 aliphatic heterocycles.